The minimum absolute atomic E-state index is 0.129. The lowest BCUT2D eigenvalue weighted by molar-refractivity contribution is -0.126. The van der Waals surface area contributed by atoms with Crippen LogP contribution in [-0.2, 0) is 9.59 Å². The van der Waals surface area contributed by atoms with E-state index in [1.54, 1.807) is 18.2 Å². The van der Waals surface area contributed by atoms with E-state index in [1.165, 1.54) is 47.5 Å². The summed E-state index contributed by atoms with van der Waals surface area (Å²) < 4.78 is 21.5. The maximum Gasteiger partial charge on any atom is 0.276 e. The highest BCUT2D eigenvalue weighted by atomic mass is 35.5. The topological polar surface area (TPSA) is 99.0 Å². The zero-order valence-corrected chi connectivity index (χ0v) is 19.0. The van der Waals surface area contributed by atoms with Gasteiger partial charge < -0.3 is 18.9 Å². The fourth-order valence-corrected chi connectivity index (χ4v) is 2.98. The summed E-state index contributed by atoms with van der Waals surface area (Å²) >= 11 is 12.5. The normalized spacial score (nSPS) is 11.7. The minimum atomic E-state index is -1.53. The molecule has 31 heavy (non-hydrogen) atoms. The van der Waals surface area contributed by atoms with Gasteiger partial charge in [0, 0.05) is 30.0 Å². The second kappa shape index (κ2) is 10.8. The van der Waals surface area contributed by atoms with Crippen molar-refractivity contribution in [2.24, 2.45) is 10.2 Å². The Morgan fingerprint density at radius 2 is 1.58 bits per heavy atom. The largest absolute Gasteiger partial charge is 0.497 e. The first-order valence-electron chi connectivity index (χ1n) is 8.81. The highest BCUT2D eigenvalue weighted by Crippen LogP contribution is 2.40. The number of hydrogen-bond acceptors (Lipinski definition) is 8. The van der Waals surface area contributed by atoms with Crippen LogP contribution in [0.1, 0.15) is 6.92 Å². The number of halogens is 2. The van der Waals surface area contributed by atoms with Crippen LogP contribution < -0.4 is 23.4 Å². The van der Waals surface area contributed by atoms with Crippen molar-refractivity contribution in [2.75, 3.05) is 32.9 Å². The van der Waals surface area contributed by atoms with Crippen LogP contribution in [0.2, 0.25) is 5.02 Å². The molecule has 0 radical (unpaired) electrons. The number of nitrogens with zero attached hydrogens (tertiary/aromatic N) is 3. The summed E-state index contributed by atoms with van der Waals surface area (Å²) in [7, 11) is 5.76. The predicted octanol–water partition coefficient (Wildman–Crippen LogP) is 4.60. The molecule has 166 valence electrons. The van der Waals surface area contributed by atoms with E-state index in [4.69, 9.17) is 42.3 Å². The molecule has 0 aliphatic rings. The Morgan fingerprint density at radius 1 is 0.935 bits per heavy atom. The van der Waals surface area contributed by atoms with Gasteiger partial charge in [-0.2, -0.15) is 5.11 Å². The van der Waals surface area contributed by atoms with E-state index < -0.39 is 17.7 Å². The van der Waals surface area contributed by atoms with Crippen molar-refractivity contribution in [2.45, 2.75) is 13.0 Å². The van der Waals surface area contributed by atoms with Crippen molar-refractivity contribution >= 4 is 46.4 Å². The molecular weight excluding hydrogens is 449 g/mol. The molecule has 2 aromatic rings. The fourth-order valence-electron chi connectivity index (χ4n) is 2.52. The number of carbonyl (C=O) groups is 2. The fraction of sp³-hybridized carbons (Fsp3) is 0.300. The molecule has 1 atom stereocenters. The van der Waals surface area contributed by atoms with Crippen molar-refractivity contribution in [1.82, 2.24) is 0 Å². The van der Waals surface area contributed by atoms with Gasteiger partial charge in [-0.1, -0.05) is 11.6 Å². The summed E-state index contributed by atoms with van der Waals surface area (Å²) in [5.41, 5.74) is 0.305. The molecule has 0 fully saturated rings. The highest BCUT2D eigenvalue weighted by molar-refractivity contribution is 6.39. The van der Waals surface area contributed by atoms with Crippen LogP contribution in [0.5, 0.6) is 23.0 Å². The van der Waals surface area contributed by atoms with Gasteiger partial charge in [-0.3, -0.25) is 9.59 Å². The van der Waals surface area contributed by atoms with Crippen LogP contribution in [0.3, 0.4) is 0 Å². The number of carbonyl (C=O) groups excluding carboxylic acids is 2. The standard InChI is InChI=1S/C20H21Cl2N3O6/c1-11(26)18(23-24-19-14(21)8-13(29-3)10-17(19)31-5)20(27)25(22)15-9-12(28-2)6-7-16(15)30-4/h6-10,18H,1-5H3. The lowest BCUT2D eigenvalue weighted by Crippen LogP contribution is -2.36. The van der Waals surface area contributed by atoms with Crippen molar-refractivity contribution in [3.8, 4) is 23.0 Å². The van der Waals surface area contributed by atoms with Gasteiger partial charge in [0.05, 0.1) is 33.5 Å². The van der Waals surface area contributed by atoms with E-state index in [0.717, 1.165) is 4.42 Å². The van der Waals surface area contributed by atoms with Crippen LogP contribution >= 0.6 is 23.4 Å². The molecule has 1 unspecified atom stereocenters. The summed E-state index contributed by atoms with van der Waals surface area (Å²) in [6.45, 7) is 1.20. The summed E-state index contributed by atoms with van der Waals surface area (Å²) in [6, 6.07) is 6.20. The van der Waals surface area contributed by atoms with Crippen molar-refractivity contribution < 1.29 is 28.5 Å². The maximum absolute atomic E-state index is 13.0. The molecule has 11 heteroatoms. The summed E-state index contributed by atoms with van der Waals surface area (Å²) in [5.74, 6) is 0.00305. The molecule has 0 heterocycles. The zero-order valence-electron chi connectivity index (χ0n) is 17.5. The average molecular weight is 470 g/mol. The Bertz CT molecular complexity index is 999. The van der Waals surface area contributed by atoms with Crippen LogP contribution in [-0.4, -0.2) is 46.2 Å². The van der Waals surface area contributed by atoms with Gasteiger partial charge in [0.2, 0.25) is 6.04 Å². The third-order valence-corrected chi connectivity index (χ3v) is 4.78. The first-order chi connectivity index (χ1) is 14.8. The molecule has 0 saturated carbocycles. The maximum atomic E-state index is 13.0. The van der Waals surface area contributed by atoms with Crippen molar-refractivity contribution in [3.05, 3.63) is 35.4 Å². The molecule has 2 rings (SSSR count). The lowest BCUT2D eigenvalue weighted by Gasteiger charge is -2.19. The average Bonchev–Trinajstić information content (AvgIpc) is 2.78. The molecule has 0 N–H and O–H groups in total. The SMILES string of the molecule is COc1cc(Cl)c(N=NC(C(C)=O)C(=O)N(Cl)c2cc(OC)ccc2OC)c(OC)c1. The van der Waals surface area contributed by atoms with Crippen molar-refractivity contribution in [3.63, 3.8) is 0 Å². The number of benzene rings is 2. The second-order valence-corrected chi connectivity index (χ2v) is 6.79. The highest BCUT2D eigenvalue weighted by Gasteiger charge is 2.31. The van der Waals surface area contributed by atoms with Gasteiger partial charge in [0.15, 0.2) is 11.5 Å². The van der Waals surface area contributed by atoms with E-state index in [2.05, 4.69) is 10.2 Å². The number of Topliss-reactive ketones (excluding diaryl/α,β-unsaturated/α-hetero) is 1. The van der Waals surface area contributed by atoms with Gasteiger partial charge in [-0.05, 0) is 19.1 Å². The number of azo groups is 1. The number of anilines is 1. The van der Waals surface area contributed by atoms with E-state index in [9.17, 15) is 9.59 Å². The summed E-state index contributed by atoms with van der Waals surface area (Å²) in [6.07, 6.45) is 0. The molecule has 0 aliphatic heterocycles. The van der Waals surface area contributed by atoms with Crippen LogP contribution in [0.4, 0.5) is 11.4 Å². The molecule has 0 saturated heterocycles. The van der Waals surface area contributed by atoms with Crippen LogP contribution in [0.15, 0.2) is 40.6 Å². The first-order valence-corrected chi connectivity index (χ1v) is 9.53. The Hall–Kier alpha value is -3.04. The van der Waals surface area contributed by atoms with Gasteiger partial charge in [-0.25, -0.2) is 4.42 Å². The lowest BCUT2D eigenvalue weighted by atomic mass is 10.2. The summed E-state index contributed by atoms with van der Waals surface area (Å²) in [4.78, 5) is 25.1. The molecular formula is C20H21Cl2N3O6. The third kappa shape index (κ3) is 5.56. The molecule has 0 aromatic heterocycles. The van der Waals surface area contributed by atoms with Gasteiger partial charge in [0.1, 0.15) is 28.6 Å². The van der Waals surface area contributed by atoms with Gasteiger partial charge in [-0.15, -0.1) is 5.11 Å². The molecule has 1 amide bonds. The van der Waals surface area contributed by atoms with Crippen LogP contribution in [0.25, 0.3) is 0 Å². The third-order valence-electron chi connectivity index (χ3n) is 4.14. The number of ketones is 1. The Balaban J connectivity index is 2.41. The second-order valence-electron chi connectivity index (χ2n) is 6.05. The summed E-state index contributed by atoms with van der Waals surface area (Å²) in [5, 5.41) is 8.02. The number of ether oxygens (including phenoxy) is 4. The number of rotatable bonds is 9. The van der Waals surface area contributed by atoms with Gasteiger partial charge in [0.25, 0.3) is 5.91 Å². The predicted molar refractivity (Wildman–Crippen MR) is 116 cm³/mol. The number of hydrogen-bond donors (Lipinski definition) is 0. The molecule has 0 spiro atoms. The zero-order chi connectivity index (χ0) is 23.1. The minimum Gasteiger partial charge on any atom is -0.497 e. The van der Waals surface area contributed by atoms with Crippen LogP contribution in [0, 0.1) is 0 Å². The molecule has 0 aliphatic carbocycles. The molecule has 2 aromatic carbocycles. The monoisotopic (exact) mass is 469 g/mol. The Kier molecular flexibility index (Phi) is 8.47. The number of methoxy groups -OCH3 is 4. The quantitative estimate of drug-likeness (QED) is 0.302. The molecule has 0 bridgehead atoms. The number of amides is 1. The van der Waals surface area contributed by atoms with Crippen molar-refractivity contribution in [1.29, 1.82) is 0 Å². The van der Waals surface area contributed by atoms with E-state index in [1.807, 2.05) is 0 Å². The molecule has 9 nitrogen and oxygen atoms in total. The smallest absolute Gasteiger partial charge is 0.276 e. The first kappa shape index (κ1) is 24.2. The Morgan fingerprint density at radius 3 is 2.13 bits per heavy atom. The van der Waals surface area contributed by atoms with E-state index in [0.29, 0.717) is 17.2 Å². The van der Waals surface area contributed by atoms with Gasteiger partial charge >= 0.3 is 0 Å². The Labute approximate surface area is 189 Å². The van der Waals surface area contributed by atoms with E-state index >= 15 is 0 Å². The van der Waals surface area contributed by atoms with E-state index in [-0.39, 0.29) is 22.1 Å².